The molecule has 0 heterocycles. The molecule has 0 spiro atoms. The van der Waals surface area contributed by atoms with E-state index in [-0.39, 0.29) is 0 Å². The third kappa shape index (κ3) is 18.9. The highest BCUT2D eigenvalue weighted by Gasteiger charge is 1.60. The minimum Gasteiger partial charge on any atom is -0.0623 e. The van der Waals surface area contributed by atoms with Crippen molar-refractivity contribution in [3.05, 3.63) is 182 Å². The fraction of sp³-hybridized carbons (Fsp3) is 0. The monoisotopic (exact) mass is 389 g/mol. The minimum absolute atomic E-state index is 1.88. The lowest BCUT2D eigenvalue weighted by molar-refractivity contribution is 1.71. The fourth-order valence-corrected chi connectivity index (χ4v) is 1.88. The average Bonchev–Trinajstić information content (AvgIpc) is 2.76. The molecule has 0 saturated heterocycles. The number of rotatable bonds is 0. The molecule has 1 aromatic rings. The molecular weight excluding hydrogens is 360 g/mol. The van der Waals surface area contributed by atoms with Crippen molar-refractivity contribution in [2.45, 2.75) is 0 Å². The van der Waals surface area contributed by atoms with Crippen LogP contribution in [0, 0.1) is 6.07 Å². The summed E-state index contributed by atoms with van der Waals surface area (Å²) in [5, 5.41) is 0. The topological polar surface area (TPSA) is 0 Å². The molecular formula is C30H29. The number of hydrogen-bond acceptors (Lipinski definition) is 0. The first kappa shape index (κ1) is 24.1. The Morgan fingerprint density at radius 2 is 0.300 bits per heavy atom. The molecule has 1 rings (SSSR count). The van der Waals surface area contributed by atoms with E-state index in [4.69, 9.17) is 0 Å². The van der Waals surface area contributed by atoms with E-state index in [0.29, 0.717) is 0 Å². The minimum atomic E-state index is 1.88. The van der Waals surface area contributed by atoms with Gasteiger partial charge in [0.25, 0.3) is 0 Å². The summed E-state index contributed by atoms with van der Waals surface area (Å²) < 4.78 is 0. The third-order valence-corrected chi connectivity index (χ3v) is 3.27. The molecule has 0 saturated carbocycles. The highest BCUT2D eigenvalue weighted by atomic mass is 13.7. The molecule has 0 heteroatoms. The van der Waals surface area contributed by atoms with Gasteiger partial charge in [-0.3, -0.25) is 0 Å². The standard InChI is InChI=1S/C30H29/c1-2-4-6-8-10-12-14-16-18-20-22-24-26-28-30-29-27-25-23-21-19-17-15-13-11-9-7-5-3-1/h1-29H. The first-order valence-corrected chi connectivity index (χ1v) is 9.91. The van der Waals surface area contributed by atoms with Crippen molar-refractivity contribution in [2.24, 2.45) is 0 Å². The fourth-order valence-electron chi connectivity index (χ4n) is 1.88. The molecule has 30 heavy (non-hydrogen) atoms. The van der Waals surface area contributed by atoms with Gasteiger partial charge in [0.2, 0.25) is 0 Å². The van der Waals surface area contributed by atoms with E-state index in [9.17, 15) is 0 Å². The summed E-state index contributed by atoms with van der Waals surface area (Å²) in [5.41, 5.74) is 0. The maximum Gasteiger partial charge on any atom is -0.0184 e. The quantitative estimate of drug-likeness (QED) is 0.419. The molecule has 149 valence electrons. The Bertz CT molecular complexity index is 543. The lowest BCUT2D eigenvalue weighted by atomic mass is 10.4. The molecule has 0 fully saturated rings. The Balaban J connectivity index is 3.00. The van der Waals surface area contributed by atoms with Crippen LogP contribution < -0.4 is 0 Å². The second kappa shape index (κ2) is 21.4. The summed E-state index contributed by atoms with van der Waals surface area (Å²) in [6, 6.07) is 60.5. The normalized spacial score (nSPS) is 8.00. The zero-order valence-electron chi connectivity index (χ0n) is 17.2. The molecule has 0 N–H and O–H groups in total. The molecule has 0 aliphatic carbocycles. The Kier molecular flexibility index (Phi) is 17.2. The Morgan fingerprint density at radius 1 is 0.167 bits per heavy atom. The molecule has 1 aromatic carbocycles. The second-order valence-electron chi connectivity index (χ2n) is 5.70. The van der Waals surface area contributed by atoms with Crippen LogP contribution in [0.5, 0.6) is 0 Å². The van der Waals surface area contributed by atoms with Gasteiger partial charge < -0.3 is 0 Å². The average molecular weight is 390 g/mol. The maximum absolute atomic E-state index is 3.08. The van der Waals surface area contributed by atoms with Crippen molar-refractivity contribution in [2.75, 3.05) is 0 Å². The summed E-state index contributed by atoms with van der Waals surface area (Å²) in [6.07, 6.45) is 0. The van der Waals surface area contributed by atoms with Gasteiger partial charge in [0.1, 0.15) is 0 Å². The predicted molar refractivity (Wildman–Crippen MR) is 131 cm³/mol. The van der Waals surface area contributed by atoms with Crippen molar-refractivity contribution < 1.29 is 0 Å². The summed E-state index contributed by atoms with van der Waals surface area (Å²) in [7, 11) is 0. The van der Waals surface area contributed by atoms with Crippen molar-refractivity contribution >= 4 is 0 Å². The van der Waals surface area contributed by atoms with Gasteiger partial charge in [-0.15, -0.1) is 0 Å². The Morgan fingerprint density at radius 3 is 0.467 bits per heavy atom. The second-order valence-corrected chi connectivity index (χ2v) is 5.70. The van der Waals surface area contributed by atoms with Crippen LogP contribution in [0.4, 0.5) is 0 Å². The Hall–Kier alpha value is -3.90. The molecule has 1 radical (unpaired) electrons. The third-order valence-electron chi connectivity index (χ3n) is 3.27. The Labute approximate surface area is 182 Å². The first-order valence-electron chi connectivity index (χ1n) is 9.91. The van der Waals surface area contributed by atoms with Gasteiger partial charge in [-0.2, -0.15) is 0 Å². The van der Waals surface area contributed by atoms with E-state index < -0.39 is 0 Å². The van der Waals surface area contributed by atoms with Crippen molar-refractivity contribution in [1.82, 2.24) is 0 Å². The molecule has 0 aromatic heterocycles. The maximum atomic E-state index is 3.08. The van der Waals surface area contributed by atoms with E-state index in [1.807, 2.05) is 176 Å². The van der Waals surface area contributed by atoms with E-state index in [1.54, 1.807) is 0 Å². The van der Waals surface area contributed by atoms with Crippen LogP contribution in [0.25, 0.3) is 0 Å². The van der Waals surface area contributed by atoms with E-state index in [0.717, 1.165) is 0 Å². The van der Waals surface area contributed by atoms with Crippen LogP contribution >= 0.6 is 0 Å². The lowest BCUT2D eigenvalue weighted by Crippen LogP contribution is -1.48. The smallest absolute Gasteiger partial charge is 0.0184 e. The molecule has 0 atom stereocenters. The van der Waals surface area contributed by atoms with Gasteiger partial charge in [-0.25, -0.2) is 0 Å². The zero-order valence-corrected chi connectivity index (χ0v) is 17.2. The zero-order chi connectivity index (χ0) is 21.2. The van der Waals surface area contributed by atoms with Gasteiger partial charge in [-0.05, 0) is 6.07 Å². The van der Waals surface area contributed by atoms with Crippen LogP contribution in [-0.4, -0.2) is 0 Å². The van der Waals surface area contributed by atoms with Crippen LogP contribution in [0.15, 0.2) is 176 Å². The molecule has 0 aliphatic heterocycles. The van der Waals surface area contributed by atoms with Crippen molar-refractivity contribution in [1.29, 1.82) is 0 Å². The molecule has 0 amide bonds. The molecule has 0 unspecified atom stereocenters. The summed E-state index contributed by atoms with van der Waals surface area (Å²) >= 11 is 0. The summed E-state index contributed by atoms with van der Waals surface area (Å²) in [4.78, 5) is 0. The van der Waals surface area contributed by atoms with Crippen molar-refractivity contribution in [3.63, 3.8) is 0 Å². The SMILES string of the molecule is [c]1ccccccccccccccccccccccccccccc1. The summed E-state index contributed by atoms with van der Waals surface area (Å²) in [6.45, 7) is 0. The van der Waals surface area contributed by atoms with Crippen LogP contribution in [-0.2, 0) is 0 Å². The predicted octanol–water partition coefficient (Wildman–Crippen LogP) is 8.23. The van der Waals surface area contributed by atoms with Crippen LogP contribution in [0.1, 0.15) is 0 Å². The van der Waals surface area contributed by atoms with Crippen molar-refractivity contribution in [3.8, 4) is 0 Å². The van der Waals surface area contributed by atoms with Crippen LogP contribution in [0.2, 0.25) is 0 Å². The van der Waals surface area contributed by atoms with Gasteiger partial charge >= 0.3 is 0 Å². The number of hydrogen-bond donors (Lipinski definition) is 0. The van der Waals surface area contributed by atoms with Gasteiger partial charge in [0, 0.05) is 0 Å². The van der Waals surface area contributed by atoms with Crippen LogP contribution in [0.3, 0.4) is 0 Å². The molecule has 0 nitrogen and oxygen atoms in total. The highest BCUT2D eigenvalue weighted by molar-refractivity contribution is 5.01. The van der Waals surface area contributed by atoms with E-state index >= 15 is 0 Å². The van der Waals surface area contributed by atoms with Gasteiger partial charge in [-0.1, -0.05) is 176 Å². The lowest BCUT2D eigenvalue weighted by Gasteiger charge is -1.69. The largest absolute Gasteiger partial charge is 0.0623 e. The van der Waals surface area contributed by atoms with E-state index in [1.165, 1.54) is 0 Å². The highest BCUT2D eigenvalue weighted by Crippen LogP contribution is 1.82. The van der Waals surface area contributed by atoms with Gasteiger partial charge in [0.15, 0.2) is 0 Å². The van der Waals surface area contributed by atoms with Gasteiger partial charge in [0.05, 0.1) is 0 Å². The molecule has 0 bridgehead atoms. The summed E-state index contributed by atoms with van der Waals surface area (Å²) in [5.74, 6) is 0. The van der Waals surface area contributed by atoms with E-state index in [2.05, 4.69) is 6.07 Å². The first-order chi connectivity index (χ1) is 15.0. The molecule has 0 aliphatic rings.